The van der Waals surface area contributed by atoms with Crippen molar-refractivity contribution in [3.05, 3.63) is 151 Å². The summed E-state index contributed by atoms with van der Waals surface area (Å²) in [6.45, 7) is 0. The quantitative estimate of drug-likeness (QED) is 0.333. The molecule has 0 aromatic heterocycles. The third-order valence-corrected chi connectivity index (χ3v) is 8.53. The van der Waals surface area contributed by atoms with Gasteiger partial charge in [-0.05, 0) is 47.2 Å². The lowest BCUT2D eigenvalue weighted by molar-refractivity contribution is 0.138. The molecule has 170 valence electrons. The summed E-state index contributed by atoms with van der Waals surface area (Å²) in [7, 11) is 0. The number of allylic oxidation sites excluding steroid dienone is 6. The molecule has 0 aromatic rings. The largest absolute Gasteiger partial charge is 0.356 e. The van der Waals surface area contributed by atoms with Crippen LogP contribution in [0.3, 0.4) is 0 Å². The van der Waals surface area contributed by atoms with Gasteiger partial charge in [0.05, 0.1) is 22.3 Å². The van der Waals surface area contributed by atoms with Gasteiger partial charge in [0.25, 0.3) is 0 Å². The SMILES string of the molecule is C1=C=C=C2C(=C=C=C=C=C3C(=C=C=C=C=C4C(=C=1)C1C=CC4O1)C14C=CC=CC31CCC4)C1C=CC2O1. The standard InChI is InChI=1S/C35H18O2/c1-2-11-25-27(33-19-17-31(25)37-33)13-4-6-15-29-28(34-20-7-8-21-35(29,34)23-9-22-34)14-5-3-12-26-24(10-1)30-16-18-32(26)36-30/h7-8,16-21,30-33H,9,22-23H2. The molecule has 2 saturated heterocycles. The highest BCUT2D eigenvalue weighted by molar-refractivity contribution is 5.64. The molecule has 8 aliphatic rings. The lowest BCUT2D eigenvalue weighted by Crippen LogP contribution is -2.49. The fourth-order valence-corrected chi connectivity index (χ4v) is 6.90. The molecule has 6 unspecified atom stereocenters. The average molecular weight is 471 g/mol. The van der Waals surface area contributed by atoms with Crippen LogP contribution in [-0.2, 0) is 9.47 Å². The number of hydrogen-bond acceptors (Lipinski definition) is 2. The van der Waals surface area contributed by atoms with Gasteiger partial charge in [0.1, 0.15) is 24.4 Å². The van der Waals surface area contributed by atoms with Crippen LogP contribution in [0.25, 0.3) is 0 Å². The van der Waals surface area contributed by atoms with Crippen molar-refractivity contribution in [3.63, 3.8) is 0 Å². The molecule has 8 rings (SSSR count). The summed E-state index contributed by atoms with van der Waals surface area (Å²) in [5, 5.41) is 0. The Morgan fingerprint density at radius 2 is 0.865 bits per heavy atom. The highest BCUT2D eigenvalue weighted by atomic mass is 16.5. The second kappa shape index (κ2) is 7.48. The van der Waals surface area contributed by atoms with E-state index in [1.807, 2.05) is 24.3 Å². The normalized spacial score (nSPS) is 37.2. The summed E-state index contributed by atoms with van der Waals surface area (Å²) in [5.41, 5.74) is 43.6. The monoisotopic (exact) mass is 470 g/mol. The minimum Gasteiger partial charge on any atom is -0.356 e. The maximum atomic E-state index is 5.99. The van der Waals surface area contributed by atoms with Crippen LogP contribution < -0.4 is 0 Å². The van der Waals surface area contributed by atoms with E-state index in [4.69, 9.17) is 9.47 Å². The van der Waals surface area contributed by atoms with Gasteiger partial charge in [0.15, 0.2) is 0 Å². The van der Waals surface area contributed by atoms with Crippen LogP contribution in [0.5, 0.6) is 0 Å². The van der Waals surface area contributed by atoms with E-state index in [9.17, 15) is 0 Å². The molecule has 4 aliphatic heterocycles. The van der Waals surface area contributed by atoms with Crippen LogP contribution in [0.4, 0.5) is 0 Å². The Bertz CT molecular complexity index is 1770. The van der Waals surface area contributed by atoms with E-state index in [1.165, 1.54) is 0 Å². The summed E-state index contributed by atoms with van der Waals surface area (Å²) in [4.78, 5) is 0. The Hall–Kier alpha value is -4.54. The molecule has 2 saturated carbocycles. The third kappa shape index (κ3) is 2.71. The lowest BCUT2D eigenvalue weighted by atomic mass is 9.44. The first kappa shape index (κ1) is 20.6. The second-order valence-corrected chi connectivity index (χ2v) is 10.1. The number of rotatable bonds is 0. The fourth-order valence-electron chi connectivity index (χ4n) is 6.90. The molecule has 0 spiro atoms. The van der Waals surface area contributed by atoms with E-state index in [0.29, 0.717) is 0 Å². The number of ether oxygens (including phenoxy) is 2. The molecule has 6 atom stereocenters. The first-order chi connectivity index (χ1) is 18.3. The van der Waals surface area contributed by atoms with E-state index in [-0.39, 0.29) is 35.2 Å². The molecular weight excluding hydrogens is 452 g/mol. The van der Waals surface area contributed by atoms with Crippen LogP contribution in [0, 0.1) is 10.8 Å². The van der Waals surface area contributed by atoms with Crippen molar-refractivity contribution < 1.29 is 9.47 Å². The van der Waals surface area contributed by atoms with E-state index >= 15 is 0 Å². The summed E-state index contributed by atoms with van der Waals surface area (Å²) in [6.07, 6.45) is 19.7. The molecule has 37 heavy (non-hydrogen) atoms. The number of hydrogen-bond donors (Lipinski definition) is 0. The van der Waals surface area contributed by atoms with Crippen LogP contribution in [0.2, 0.25) is 0 Å². The van der Waals surface area contributed by atoms with Gasteiger partial charge >= 0.3 is 0 Å². The van der Waals surface area contributed by atoms with Crippen LogP contribution in [0.1, 0.15) is 19.3 Å². The molecule has 0 aromatic carbocycles. The highest BCUT2D eigenvalue weighted by Crippen LogP contribution is 2.74. The Balaban J connectivity index is 1.48. The van der Waals surface area contributed by atoms with Gasteiger partial charge < -0.3 is 9.47 Å². The van der Waals surface area contributed by atoms with Gasteiger partial charge in [-0.1, -0.05) is 89.4 Å². The van der Waals surface area contributed by atoms with Crippen molar-refractivity contribution in [2.24, 2.45) is 10.8 Å². The van der Waals surface area contributed by atoms with Crippen molar-refractivity contribution in [2.75, 3.05) is 0 Å². The molecule has 2 heteroatoms. The third-order valence-electron chi connectivity index (χ3n) is 8.53. The molecule has 0 amide bonds. The Morgan fingerprint density at radius 1 is 0.514 bits per heavy atom. The van der Waals surface area contributed by atoms with E-state index in [0.717, 1.165) is 52.7 Å². The average Bonchev–Trinajstić information content (AvgIpc) is 3.72. The molecule has 4 heterocycles. The van der Waals surface area contributed by atoms with Crippen LogP contribution >= 0.6 is 0 Å². The molecule has 4 bridgehead atoms. The van der Waals surface area contributed by atoms with Crippen molar-refractivity contribution in [1.82, 2.24) is 0 Å². The van der Waals surface area contributed by atoms with Crippen molar-refractivity contribution in [3.8, 4) is 0 Å². The predicted molar refractivity (Wildman–Crippen MR) is 136 cm³/mol. The Kier molecular flexibility index (Phi) is 4.17. The van der Waals surface area contributed by atoms with Crippen LogP contribution in [0.15, 0.2) is 151 Å². The minimum atomic E-state index is -0.162. The summed E-state index contributed by atoms with van der Waals surface area (Å²) >= 11 is 0. The molecule has 4 aliphatic carbocycles. The maximum absolute atomic E-state index is 5.99. The van der Waals surface area contributed by atoms with Crippen molar-refractivity contribution in [2.45, 2.75) is 43.7 Å². The van der Waals surface area contributed by atoms with E-state index < -0.39 is 0 Å². The van der Waals surface area contributed by atoms with Gasteiger partial charge in [0, 0.05) is 22.0 Å². The van der Waals surface area contributed by atoms with Gasteiger partial charge in [-0.3, -0.25) is 0 Å². The molecular formula is C35H18O2. The zero-order valence-electron chi connectivity index (χ0n) is 19.9. The topological polar surface area (TPSA) is 18.5 Å². The Morgan fingerprint density at radius 3 is 1.24 bits per heavy atom. The van der Waals surface area contributed by atoms with Gasteiger partial charge in [0.2, 0.25) is 0 Å². The molecule has 4 fully saturated rings. The smallest absolute Gasteiger partial charge is 0.111 e. The van der Waals surface area contributed by atoms with Gasteiger partial charge in [-0.2, -0.15) is 0 Å². The zero-order valence-corrected chi connectivity index (χ0v) is 19.9. The maximum Gasteiger partial charge on any atom is 0.111 e. The summed E-state index contributed by atoms with van der Waals surface area (Å²) in [5.74, 6) is 0. The van der Waals surface area contributed by atoms with E-state index in [2.05, 4.69) is 93.1 Å². The summed E-state index contributed by atoms with van der Waals surface area (Å²) < 4.78 is 12.0. The number of fused-ring (bicyclic) bond motifs is 11. The minimum absolute atomic E-state index is 0.0720. The van der Waals surface area contributed by atoms with Gasteiger partial charge in [-0.25, -0.2) is 0 Å². The first-order valence-corrected chi connectivity index (χ1v) is 12.6. The molecule has 2 nitrogen and oxygen atoms in total. The van der Waals surface area contributed by atoms with Crippen molar-refractivity contribution in [1.29, 1.82) is 0 Å². The molecule has 0 radical (unpaired) electrons. The second-order valence-electron chi connectivity index (χ2n) is 10.1. The highest BCUT2D eigenvalue weighted by Gasteiger charge is 2.66. The van der Waals surface area contributed by atoms with Crippen molar-refractivity contribution >= 4 is 0 Å². The Labute approximate surface area is 214 Å². The van der Waals surface area contributed by atoms with Crippen LogP contribution in [-0.4, -0.2) is 24.4 Å². The lowest BCUT2D eigenvalue weighted by Gasteiger charge is -2.56. The first-order valence-electron chi connectivity index (χ1n) is 12.6. The summed E-state index contributed by atoms with van der Waals surface area (Å²) in [6, 6.07) is 0. The van der Waals surface area contributed by atoms with Gasteiger partial charge in [-0.15, -0.1) is 0 Å². The fraction of sp³-hybridized carbons (Fsp3) is 0.257. The predicted octanol–water partition coefficient (Wildman–Crippen LogP) is 5.72. The molecule has 0 N–H and O–H groups in total. The zero-order chi connectivity index (χ0) is 24.5. The van der Waals surface area contributed by atoms with E-state index in [1.54, 1.807) is 0 Å².